The number of piperazine rings is 1. The number of carbonyl (C=O) groups is 1. The summed E-state index contributed by atoms with van der Waals surface area (Å²) in [7, 11) is -2.37. The Kier molecular flexibility index (Phi) is 7.15. The third kappa shape index (κ3) is 5.40. The predicted molar refractivity (Wildman–Crippen MR) is 144 cm³/mol. The van der Waals surface area contributed by atoms with Crippen molar-refractivity contribution >= 4 is 27.3 Å². The summed E-state index contributed by atoms with van der Waals surface area (Å²) in [5, 5.41) is -0.118. The van der Waals surface area contributed by atoms with Crippen LogP contribution in [0.1, 0.15) is 15.9 Å². The zero-order valence-corrected chi connectivity index (χ0v) is 21.8. The van der Waals surface area contributed by atoms with E-state index in [9.17, 15) is 17.6 Å². The summed E-state index contributed by atoms with van der Waals surface area (Å²) in [6.07, 6.45) is 2.83. The van der Waals surface area contributed by atoms with E-state index in [4.69, 9.17) is 0 Å². The fourth-order valence-corrected chi connectivity index (χ4v) is 5.93. The summed E-state index contributed by atoms with van der Waals surface area (Å²) in [5.74, 6) is -0.556. The quantitative estimate of drug-likeness (QED) is 0.360. The van der Waals surface area contributed by atoms with Gasteiger partial charge in [-0.3, -0.25) is 9.10 Å². The number of amides is 1. The minimum atomic E-state index is -4.05. The Morgan fingerprint density at radius 1 is 0.947 bits per heavy atom. The Balaban J connectivity index is 1.35. The number of carbonyl (C=O) groups excluding carboxylic acids is 1. The van der Waals surface area contributed by atoms with E-state index in [1.54, 1.807) is 41.9 Å². The van der Waals surface area contributed by atoms with Gasteiger partial charge in [0.25, 0.3) is 15.9 Å². The van der Waals surface area contributed by atoms with E-state index in [1.807, 2.05) is 23.1 Å². The molecule has 1 amide bonds. The summed E-state index contributed by atoms with van der Waals surface area (Å²) < 4.78 is 43.6. The molecule has 5 rings (SSSR count). The van der Waals surface area contributed by atoms with E-state index < -0.39 is 15.8 Å². The third-order valence-corrected chi connectivity index (χ3v) is 8.20. The molecule has 0 radical (unpaired) electrons. The number of aromatic nitrogens is 2. The highest BCUT2D eigenvalue weighted by molar-refractivity contribution is 7.92. The molecule has 0 unspecified atom stereocenters. The minimum Gasteiger partial charge on any atom is -0.368 e. The van der Waals surface area contributed by atoms with Crippen LogP contribution in [0.5, 0.6) is 0 Å². The lowest BCUT2D eigenvalue weighted by Crippen LogP contribution is -2.48. The second-order valence-corrected chi connectivity index (χ2v) is 11.0. The first kappa shape index (κ1) is 25.5. The average molecular weight is 534 g/mol. The van der Waals surface area contributed by atoms with Gasteiger partial charge in [0.2, 0.25) is 0 Å². The van der Waals surface area contributed by atoms with Crippen LogP contribution in [0.25, 0.3) is 0 Å². The van der Waals surface area contributed by atoms with E-state index >= 15 is 0 Å². The van der Waals surface area contributed by atoms with Crippen molar-refractivity contribution in [3.05, 3.63) is 108 Å². The molecule has 38 heavy (non-hydrogen) atoms. The molecule has 1 aliphatic heterocycles. The molecular formula is C28H28FN5O3S. The standard InChI is InChI=1S/C28H28FN5O3S/c1-31-20-27(30-21-31)38(36,37)34(19-22-6-5-7-24(29)18-22)26-12-10-23(11-13-26)28(35)33-16-14-32(15-17-33)25-8-3-2-4-9-25/h2-13,18,20-21H,14-17,19H2,1H3. The summed E-state index contributed by atoms with van der Waals surface area (Å²) >= 11 is 0. The summed E-state index contributed by atoms with van der Waals surface area (Å²) in [6, 6.07) is 22.4. The van der Waals surface area contributed by atoms with Gasteiger partial charge in [0.1, 0.15) is 5.82 Å². The monoisotopic (exact) mass is 533 g/mol. The lowest BCUT2D eigenvalue weighted by atomic mass is 10.1. The van der Waals surface area contributed by atoms with Gasteiger partial charge < -0.3 is 14.4 Å². The lowest BCUT2D eigenvalue weighted by molar-refractivity contribution is 0.0747. The number of anilines is 2. The van der Waals surface area contributed by atoms with Crippen molar-refractivity contribution in [2.45, 2.75) is 11.6 Å². The van der Waals surface area contributed by atoms with Crippen LogP contribution >= 0.6 is 0 Å². The van der Waals surface area contributed by atoms with Gasteiger partial charge in [-0.25, -0.2) is 9.37 Å². The van der Waals surface area contributed by atoms with Crippen molar-refractivity contribution in [3.63, 3.8) is 0 Å². The molecule has 0 N–H and O–H groups in total. The molecule has 8 nitrogen and oxygen atoms in total. The smallest absolute Gasteiger partial charge is 0.283 e. The molecule has 10 heteroatoms. The predicted octanol–water partition coefficient (Wildman–Crippen LogP) is 3.92. The maximum atomic E-state index is 13.9. The van der Waals surface area contributed by atoms with Crippen LogP contribution < -0.4 is 9.21 Å². The highest BCUT2D eigenvalue weighted by Crippen LogP contribution is 2.26. The van der Waals surface area contributed by atoms with Gasteiger partial charge in [-0.2, -0.15) is 8.42 Å². The molecule has 0 saturated carbocycles. The second-order valence-electron chi connectivity index (χ2n) is 9.18. The fraction of sp³-hybridized carbons (Fsp3) is 0.214. The lowest BCUT2D eigenvalue weighted by Gasteiger charge is -2.36. The minimum absolute atomic E-state index is 0.0919. The van der Waals surface area contributed by atoms with Gasteiger partial charge in [-0.15, -0.1) is 0 Å². The number of nitrogens with zero attached hydrogens (tertiary/aromatic N) is 5. The Bertz CT molecular complexity index is 1520. The van der Waals surface area contributed by atoms with E-state index in [2.05, 4.69) is 22.0 Å². The molecule has 0 aliphatic carbocycles. The Morgan fingerprint density at radius 2 is 1.66 bits per heavy atom. The molecule has 1 aliphatic rings. The van der Waals surface area contributed by atoms with E-state index in [0.29, 0.717) is 29.9 Å². The van der Waals surface area contributed by atoms with Crippen molar-refractivity contribution in [2.75, 3.05) is 35.4 Å². The molecule has 2 heterocycles. The number of hydrogen-bond acceptors (Lipinski definition) is 5. The number of imidazole rings is 1. The normalized spacial score (nSPS) is 13.9. The molecule has 196 valence electrons. The molecule has 0 atom stereocenters. The number of aryl methyl sites for hydroxylation is 1. The van der Waals surface area contributed by atoms with Gasteiger partial charge in [0, 0.05) is 50.7 Å². The largest absolute Gasteiger partial charge is 0.368 e. The van der Waals surface area contributed by atoms with Crippen molar-refractivity contribution in [3.8, 4) is 0 Å². The van der Waals surface area contributed by atoms with Crippen molar-refractivity contribution in [1.82, 2.24) is 14.5 Å². The Hall–Kier alpha value is -4.18. The first-order valence-corrected chi connectivity index (χ1v) is 13.7. The molecule has 1 aromatic heterocycles. The van der Waals surface area contributed by atoms with Crippen LogP contribution in [0.3, 0.4) is 0 Å². The highest BCUT2D eigenvalue weighted by Gasteiger charge is 2.28. The van der Waals surface area contributed by atoms with Crippen LogP contribution in [0.15, 0.2) is 96.4 Å². The van der Waals surface area contributed by atoms with Gasteiger partial charge in [0.15, 0.2) is 5.03 Å². The second kappa shape index (κ2) is 10.7. The van der Waals surface area contributed by atoms with Gasteiger partial charge in [-0.1, -0.05) is 30.3 Å². The number of benzene rings is 3. The SMILES string of the molecule is Cn1cnc(S(=O)(=O)N(Cc2cccc(F)c2)c2ccc(C(=O)N3CCN(c4ccccc4)CC3)cc2)c1. The number of hydrogen-bond donors (Lipinski definition) is 0. The van der Waals surface area contributed by atoms with Crippen LogP contribution in [-0.4, -0.2) is 55.0 Å². The third-order valence-electron chi connectivity index (χ3n) is 6.54. The maximum Gasteiger partial charge on any atom is 0.283 e. The first-order valence-electron chi connectivity index (χ1n) is 12.3. The van der Waals surface area contributed by atoms with E-state index in [0.717, 1.165) is 18.8 Å². The van der Waals surface area contributed by atoms with E-state index in [-0.39, 0.29) is 17.5 Å². The summed E-state index contributed by atoms with van der Waals surface area (Å²) in [5.41, 5.74) is 2.45. The Morgan fingerprint density at radius 3 is 2.29 bits per heavy atom. The van der Waals surface area contributed by atoms with Gasteiger partial charge >= 0.3 is 0 Å². The molecular weight excluding hydrogens is 505 g/mol. The van der Waals surface area contributed by atoms with Crippen molar-refractivity contribution in [1.29, 1.82) is 0 Å². The van der Waals surface area contributed by atoms with Crippen LogP contribution in [-0.2, 0) is 23.6 Å². The van der Waals surface area contributed by atoms with Crippen molar-refractivity contribution in [2.24, 2.45) is 7.05 Å². The maximum absolute atomic E-state index is 13.9. The molecule has 1 fully saturated rings. The van der Waals surface area contributed by atoms with Gasteiger partial charge in [0.05, 0.1) is 18.6 Å². The number of halogens is 1. The summed E-state index contributed by atoms with van der Waals surface area (Å²) in [4.78, 5) is 21.3. The molecule has 0 bridgehead atoms. The molecule has 3 aromatic carbocycles. The first-order chi connectivity index (χ1) is 18.3. The number of sulfonamides is 1. The molecule has 4 aromatic rings. The van der Waals surface area contributed by atoms with Crippen LogP contribution in [0.2, 0.25) is 0 Å². The molecule has 0 spiro atoms. The number of para-hydroxylation sites is 1. The topological polar surface area (TPSA) is 78.8 Å². The van der Waals surface area contributed by atoms with Gasteiger partial charge in [-0.05, 0) is 54.1 Å². The molecule has 1 saturated heterocycles. The average Bonchev–Trinajstić information content (AvgIpc) is 3.39. The number of rotatable bonds is 7. The zero-order chi connectivity index (χ0) is 26.7. The van der Waals surface area contributed by atoms with E-state index in [1.165, 1.54) is 35.0 Å². The highest BCUT2D eigenvalue weighted by atomic mass is 32.2. The zero-order valence-electron chi connectivity index (χ0n) is 20.9. The summed E-state index contributed by atoms with van der Waals surface area (Å²) in [6.45, 7) is 2.56. The van der Waals surface area contributed by atoms with Crippen LogP contribution in [0, 0.1) is 5.82 Å². The fourth-order valence-electron chi connectivity index (χ4n) is 4.51. The Labute approximate surface area is 221 Å². The van der Waals surface area contributed by atoms with Crippen LogP contribution in [0.4, 0.5) is 15.8 Å². The van der Waals surface area contributed by atoms with Crippen molar-refractivity contribution < 1.29 is 17.6 Å².